The number of nitrogens with one attached hydrogen (secondary N) is 3. The summed E-state index contributed by atoms with van der Waals surface area (Å²) in [4.78, 5) is 105. The molecule has 1 aliphatic heterocycles. The summed E-state index contributed by atoms with van der Waals surface area (Å²) in [7, 11) is 0. The van der Waals surface area contributed by atoms with Gasteiger partial charge in [-0.25, -0.2) is 15.0 Å². The van der Waals surface area contributed by atoms with Crippen molar-refractivity contribution in [3.8, 4) is 0 Å². The SMILES string of the molecule is CC(=O)COC(=O)C[C@@H]1NC(=O)c2nc(oc2C)[C@H](CC(=O)OC(C)(C)C)NC(=O)c2nc(oc2C)[C@H](CC(=O)OCc2ccccc2)NC(=O)c2nc1oc2C. The van der Waals surface area contributed by atoms with E-state index < -0.39 is 91.0 Å². The second-order valence-electron chi connectivity index (χ2n) is 14.2. The van der Waals surface area contributed by atoms with Gasteiger partial charge in [-0.15, -0.1) is 0 Å². The molecule has 0 radical (unpaired) electrons. The van der Waals surface area contributed by atoms with Gasteiger partial charge in [0.25, 0.3) is 17.7 Å². The van der Waals surface area contributed by atoms with Gasteiger partial charge in [0, 0.05) is 0 Å². The van der Waals surface area contributed by atoms with E-state index in [9.17, 15) is 33.6 Å². The normalized spacial score (nSPS) is 17.3. The van der Waals surface area contributed by atoms with Crippen LogP contribution in [0.4, 0.5) is 0 Å². The van der Waals surface area contributed by atoms with E-state index in [1.807, 2.05) is 0 Å². The smallest absolute Gasteiger partial charge is 0.308 e. The zero-order chi connectivity index (χ0) is 41.6. The molecule has 3 aromatic heterocycles. The van der Waals surface area contributed by atoms with E-state index in [4.69, 9.17) is 27.5 Å². The van der Waals surface area contributed by atoms with Gasteiger partial charge in [-0.2, -0.15) is 0 Å². The maximum Gasteiger partial charge on any atom is 0.308 e. The van der Waals surface area contributed by atoms with Crippen molar-refractivity contribution < 1.29 is 61.0 Å². The fraction of sp³-hybridized carbons (Fsp3) is 0.421. The fourth-order valence-corrected chi connectivity index (χ4v) is 5.53. The molecule has 1 aromatic carbocycles. The first-order chi connectivity index (χ1) is 26.9. The van der Waals surface area contributed by atoms with Crippen molar-refractivity contribution in [1.82, 2.24) is 30.9 Å². The molecule has 0 unspecified atom stereocenters. The number of hydrogen-bond acceptors (Lipinski definition) is 16. The number of amides is 3. The number of nitrogens with zero attached hydrogens (tertiary/aromatic N) is 3. The lowest BCUT2D eigenvalue weighted by Gasteiger charge is -2.21. The monoisotopic (exact) mass is 790 g/mol. The number of benzene rings is 1. The van der Waals surface area contributed by atoms with Crippen LogP contribution >= 0.6 is 0 Å². The van der Waals surface area contributed by atoms with E-state index in [0.717, 1.165) is 0 Å². The van der Waals surface area contributed by atoms with Crippen molar-refractivity contribution in [2.45, 2.75) is 98.1 Å². The molecular weight excluding hydrogens is 748 g/mol. The molecule has 302 valence electrons. The van der Waals surface area contributed by atoms with Crippen molar-refractivity contribution in [2.24, 2.45) is 0 Å². The summed E-state index contributed by atoms with van der Waals surface area (Å²) in [6.45, 7) is 9.81. The van der Waals surface area contributed by atoms with Gasteiger partial charge in [-0.3, -0.25) is 33.6 Å². The first kappa shape index (κ1) is 41.5. The van der Waals surface area contributed by atoms with Crippen molar-refractivity contribution in [2.75, 3.05) is 6.61 Å². The lowest BCUT2D eigenvalue weighted by atomic mass is 10.1. The molecule has 19 nitrogen and oxygen atoms in total. The van der Waals surface area contributed by atoms with Crippen LogP contribution in [0.25, 0.3) is 0 Å². The van der Waals surface area contributed by atoms with Crippen LogP contribution in [0.1, 0.15) is 137 Å². The Morgan fingerprint density at radius 3 is 1.40 bits per heavy atom. The number of fused-ring (bicyclic) bond motifs is 6. The molecule has 1 aliphatic rings. The third-order valence-corrected chi connectivity index (χ3v) is 8.11. The average molecular weight is 791 g/mol. The minimum Gasteiger partial charge on any atom is -0.461 e. The number of ketones is 1. The van der Waals surface area contributed by atoms with Gasteiger partial charge in [0.05, 0.1) is 19.3 Å². The summed E-state index contributed by atoms with van der Waals surface area (Å²) in [5.74, 6) is -6.40. The Labute approximate surface area is 325 Å². The van der Waals surface area contributed by atoms with Crippen LogP contribution in [-0.4, -0.2) is 68.6 Å². The fourth-order valence-electron chi connectivity index (χ4n) is 5.53. The number of rotatable bonds is 10. The molecule has 0 fully saturated rings. The van der Waals surface area contributed by atoms with Crippen LogP contribution in [-0.2, 0) is 40.0 Å². The Morgan fingerprint density at radius 2 is 1.02 bits per heavy atom. The second-order valence-corrected chi connectivity index (χ2v) is 14.2. The lowest BCUT2D eigenvalue weighted by Crippen LogP contribution is -2.34. The number of oxazole rings is 3. The number of ether oxygens (including phenoxy) is 3. The number of carbonyl (C=O) groups excluding carboxylic acids is 7. The molecule has 3 N–H and O–H groups in total. The molecule has 5 rings (SSSR count). The van der Waals surface area contributed by atoms with E-state index in [1.54, 1.807) is 51.1 Å². The minimum atomic E-state index is -1.38. The van der Waals surface area contributed by atoms with Crippen LogP contribution in [0.2, 0.25) is 0 Å². The second kappa shape index (κ2) is 17.4. The topological polar surface area (TPSA) is 261 Å². The van der Waals surface area contributed by atoms with Crippen molar-refractivity contribution in [3.05, 3.63) is 87.9 Å². The number of hydrogen-bond donors (Lipinski definition) is 3. The molecule has 4 aromatic rings. The standard InChI is InChI=1S/C38H42N6O13/c1-18(45)16-52-26(46)13-23-35-42-29(19(2)54-35)32(49)40-24(14-27(47)53-17-22-11-9-8-10-12-22)36-43-31(20(3)55-36)34(51)41-25(15-28(48)57-38(5,6)7)37-44-30(21(4)56-37)33(50)39-23/h8-12,23-25H,13-17H2,1-7H3,(H,39,50)(H,40,49)(H,41,51)/t23-,24-,25-/m0/s1. The van der Waals surface area contributed by atoms with E-state index in [-0.39, 0.29) is 58.6 Å². The molecule has 0 spiro atoms. The molecule has 4 heterocycles. The highest BCUT2D eigenvalue weighted by atomic mass is 16.6. The predicted octanol–water partition coefficient (Wildman–Crippen LogP) is 3.69. The third kappa shape index (κ3) is 11.0. The Balaban J connectivity index is 1.57. The van der Waals surface area contributed by atoms with Crippen molar-refractivity contribution in [3.63, 3.8) is 0 Å². The number of esters is 3. The zero-order valence-corrected chi connectivity index (χ0v) is 32.3. The molecule has 3 amide bonds. The molecule has 6 bridgehead atoms. The van der Waals surface area contributed by atoms with Gasteiger partial charge >= 0.3 is 17.9 Å². The average Bonchev–Trinajstić information content (AvgIpc) is 3.84. The van der Waals surface area contributed by atoms with E-state index in [2.05, 4.69) is 30.9 Å². The molecule has 3 atom stereocenters. The Morgan fingerprint density at radius 1 is 0.632 bits per heavy atom. The van der Waals surface area contributed by atoms with E-state index in [0.29, 0.717) is 5.56 Å². The number of carbonyl (C=O) groups is 7. The summed E-state index contributed by atoms with van der Waals surface area (Å²) in [6, 6.07) is 4.84. The summed E-state index contributed by atoms with van der Waals surface area (Å²) in [5, 5.41) is 7.85. The first-order valence-corrected chi connectivity index (χ1v) is 17.8. The molecule has 19 heteroatoms. The summed E-state index contributed by atoms with van der Waals surface area (Å²) < 4.78 is 33.4. The van der Waals surface area contributed by atoms with Gasteiger partial charge in [0.1, 0.15) is 54.2 Å². The zero-order valence-electron chi connectivity index (χ0n) is 32.3. The van der Waals surface area contributed by atoms with E-state index >= 15 is 0 Å². The van der Waals surface area contributed by atoms with E-state index in [1.165, 1.54) is 27.7 Å². The van der Waals surface area contributed by atoms with Crippen LogP contribution in [0.15, 0.2) is 43.6 Å². The molecule has 0 saturated carbocycles. The van der Waals surface area contributed by atoms with Gasteiger partial charge in [0.2, 0.25) is 17.7 Å². The van der Waals surface area contributed by atoms with Crippen molar-refractivity contribution in [1.29, 1.82) is 0 Å². The number of aryl methyl sites for hydroxylation is 3. The number of Topliss-reactive ketones (excluding diaryl/α,β-unsaturated/α-hetero) is 1. The maximum absolute atomic E-state index is 13.8. The van der Waals surface area contributed by atoms with Crippen molar-refractivity contribution >= 4 is 41.4 Å². The Hall–Kier alpha value is -6.66. The van der Waals surface area contributed by atoms with Crippen LogP contribution < -0.4 is 16.0 Å². The molecule has 0 saturated heterocycles. The molecular formula is C38H42N6O13. The largest absolute Gasteiger partial charge is 0.461 e. The van der Waals surface area contributed by atoms with Gasteiger partial charge in [-0.05, 0) is 54.0 Å². The first-order valence-electron chi connectivity index (χ1n) is 17.8. The van der Waals surface area contributed by atoms with Crippen LogP contribution in [0, 0.1) is 20.8 Å². The highest BCUT2D eigenvalue weighted by Gasteiger charge is 2.35. The Kier molecular flexibility index (Phi) is 12.7. The lowest BCUT2D eigenvalue weighted by molar-refractivity contribution is -0.155. The number of aromatic nitrogens is 3. The quantitative estimate of drug-likeness (QED) is 0.153. The highest BCUT2D eigenvalue weighted by molar-refractivity contribution is 5.96. The van der Waals surface area contributed by atoms with Gasteiger partial charge in [-0.1, -0.05) is 30.3 Å². The predicted molar refractivity (Wildman–Crippen MR) is 192 cm³/mol. The summed E-state index contributed by atoms with van der Waals surface area (Å²) >= 11 is 0. The Bertz CT molecular complexity index is 2180. The minimum absolute atomic E-state index is 0.0172. The summed E-state index contributed by atoms with van der Waals surface area (Å²) in [6.07, 6.45) is -1.61. The van der Waals surface area contributed by atoms with Crippen LogP contribution in [0.3, 0.4) is 0 Å². The maximum atomic E-state index is 13.8. The van der Waals surface area contributed by atoms with Gasteiger partial charge < -0.3 is 43.4 Å². The molecule has 57 heavy (non-hydrogen) atoms. The van der Waals surface area contributed by atoms with Gasteiger partial charge in [0.15, 0.2) is 22.9 Å². The van der Waals surface area contributed by atoms with Crippen LogP contribution in [0.5, 0.6) is 0 Å². The highest BCUT2D eigenvalue weighted by Crippen LogP contribution is 2.28. The molecule has 0 aliphatic carbocycles. The third-order valence-electron chi connectivity index (χ3n) is 8.11. The summed E-state index contributed by atoms with van der Waals surface area (Å²) in [5.41, 5.74) is -1.04.